The number of hydrogen-bond donors (Lipinski definition) is 2. The largest absolute Gasteiger partial charge is 0.492 e. The zero-order valence-corrected chi connectivity index (χ0v) is 11.7. The molecule has 1 aromatic heterocycles. The maximum atomic E-state index is 13.1. The Kier molecular flexibility index (Phi) is 4.49. The molecule has 8 heteroatoms. The van der Waals surface area contributed by atoms with Crippen LogP contribution in [0.4, 0.5) is 4.39 Å². The van der Waals surface area contributed by atoms with Crippen molar-refractivity contribution in [1.29, 1.82) is 0 Å². The van der Waals surface area contributed by atoms with Crippen LogP contribution in [0.5, 0.6) is 5.75 Å². The molecule has 0 radical (unpaired) electrons. The van der Waals surface area contributed by atoms with Gasteiger partial charge in [0, 0.05) is 5.56 Å². The molecule has 0 unspecified atom stereocenters. The first kappa shape index (κ1) is 14.9. The first-order chi connectivity index (χ1) is 9.97. The molecule has 3 N–H and O–H groups in total. The first-order valence-corrected chi connectivity index (χ1v) is 6.40. The normalized spacial score (nSPS) is 10.3. The van der Waals surface area contributed by atoms with Crippen molar-refractivity contribution in [1.82, 2.24) is 9.55 Å². The van der Waals surface area contributed by atoms with Crippen molar-refractivity contribution in [3.05, 3.63) is 62.7 Å². The van der Waals surface area contributed by atoms with E-state index in [-0.39, 0.29) is 18.1 Å². The Labute approximate surface area is 124 Å². The summed E-state index contributed by atoms with van der Waals surface area (Å²) in [6.45, 7) is 0.237. The second kappa shape index (κ2) is 6.31. The third-order valence-corrected chi connectivity index (χ3v) is 2.94. The number of hydrogen-bond acceptors (Lipinski definition) is 4. The molecule has 0 aliphatic rings. The van der Waals surface area contributed by atoms with E-state index in [1.807, 2.05) is 4.98 Å². The summed E-state index contributed by atoms with van der Waals surface area (Å²) in [4.78, 5) is 24.4. The Morgan fingerprint density at radius 2 is 2.00 bits per heavy atom. The van der Waals surface area contributed by atoms with E-state index >= 15 is 0 Å². The summed E-state index contributed by atoms with van der Waals surface area (Å²) in [5.74, 6) is -0.455. The van der Waals surface area contributed by atoms with Crippen molar-refractivity contribution in [3.8, 4) is 5.75 Å². The van der Waals surface area contributed by atoms with Crippen molar-refractivity contribution in [2.75, 3.05) is 6.61 Å². The van der Waals surface area contributed by atoms with Crippen LogP contribution in [0.3, 0.4) is 0 Å². The van der Waals surface area contributed by atoms with E-state index in [0.29, 0.717) is 5.75 Å². The van der Waals surface area contributed by atoms with Crippen LogP contribution >= 0.6 is 12.2 Å². The first-order valence-electron chi connectivity index (χ1n) is 5.99. The Bertz CT molecular complexity index is 767. The highest BCUT2D eigenvalue weighted by molar-refractivity contribution is 7.80. The minimum absolute atomic E-state index is 0.101. The average Bonchev–Trinajstić information content (AvgIpc) is 2.45. The average molecular weight is 309 g/mol. The maximum absolute atomic E-state index is 13.1. The third kappa shape index (κ3) is 3.76. The lowest BCUT2D eigenvalue weighted by molar-refractivity contribution is 0.294. The van der Waals surface area contributed by atoms with E-state index in [2.05, 4.69) is 0 Å². The zero-order valence-electron chi connectivity index (χ0n) is 10.8. The fourth-order valence-corrected chi connectivity index (χ4v) is 1.76. The van der Waals surface area contributed by atoms with Crippen LogP contribution in [0.25, 0.3) is 0 Å². The van der Waals surface area contributed by atoms with Gasteiger partial charge in [0.25, 0.3) is 5.56 Å². The third-order valence-electron chi connectivity index (χ3n) is 2.71. The number of benzene rings is 1. The molecular formula is C13H12FN3O3S. The van der Waals surface area contributed by atoms with Crippen LogP contribution in [0, 0.1) is 5.82 Å². The Balaban J connectivity index is 1.98. The number of H-pyrrole nitrogens is 1. The van der Waals surface area contributed by atoms with Gasteiger partial charge in [-0.1, -0.05) is 12.2 Å². The van der Waals surface area contributed by atoms with Crippen LogP contribution < -0.4 is 21.7 Å². The number of ether oxygens (including phenoxy) is 1. The summed E-state index contributed by atoms with van der Waals surface area (Å²) in [6.07, 6.45) is 0.848. The Morgan fingerprint density at radius 3 is 2.62 bits per heavy atom. The van der Waals surface area contributed by atoms with E-state index in [4.69, 9.17) is 22.7 Å². The number of nitrogens with two attached hydrogens (primary N) is 1. The van der Waals surface area contributed by atoms with Gasteiger partial charge in [0.2, 0.25) is 5.82 Å². The molecule has 0 fully saturated rings. The highest BCUT2D eigenvalue weighted by atomic mass is 32.1. The predicted molar refractivity (Wildman–Crippen MR) is 79.1 cm³/mol. The minimum Gasteiger partial charge on any atom is -0.492 e. The maximum Gasteiger partial charge on any atom is 0.328 e. The highest BCUT2D eigenvalue weighted by Crippen LogP contribution is 2.12. The van der Waals surface area contributed by atoms with E-state index in [0.717, 1.165) is 16.3 Å². The Morgan fingerprint density at radius 1 is 1.33 bits per heavy atom. The van der Waals surface area contributed by atoms with E-state index in [9.17, 15) is 14.0 Å². The standard InChI is InChI=1S/C13H12FN3O3S/c14-10-7-17(13(19)16-12(10)18)5-6-20-9-3-1-8(2-4-9)11(15)21/h1-4,7H,5-6H2,(H2,15,21)(H,16,18,19). The van der Waals surface area contributed by atoms with Crippen LogP contribution in [0.15, 0.2) is 40.1 Å². The second-order valence-electron chi connectivity index (χ2n) is 4.17. The summed E-state index contributed by atoms with van der Waals surface area (Å²) in [7, 11) is 0. The number of nitrogens with one attached hydrogen (secondary N) is 1. The lowest BCUT2D eigenvalue weighted by atomic mass is 10.2. The summed E-state index contributed by atoms with van der Waals surface area (Å²) in [6, 6.07) is 6.79. The summed E-state index contributed by atoms with van der Waals surface area (Å²) in [5.41, 5.74) is 4.47. The molecule has 0 atom stereocenters. The molecule has 0 saturated carbocycles. The fourth-order valence-electron chi connectivity index (χ4n) is 1.63. The fraction of sp³-hybridized carbons (Fsp3) is 0.154. The molecular weight excluding hydrogens is 297 g/mol. The molecule has 0 bridgehead atoms. The smallest absolute Gasteiger partial charge is 0.328 e. The van der Waals surface area contributed by atoms with Gasteiger partial charge in [-0.15, -0.1) is 0 Å². The number of rotatable bonds is 5. The van der Waals surface area contributed by atoms with Gasteiger partial charge in [0.15, 0.2) is 0 Å². The van der Waals surface area contributed by atoms with Crippen molar-refractivity contribution < 1.29 is 9.13 Å². The lowest BCUT2D eigenvalue weighted by Crippen LogP contribution is -2.32. The highest BCUT2D eigenvalue weighted by Gasteiger charge is 2.04. The summed E-state index contributed by atoms with van der Waals surface area (Å²) < 4.78 is 19.5. The number of thiocarbonyl (C=S) groups is 1. The topological polar surface area (TPSA) is 90.1 Å². The molecule has 1 heterocycles. The van der Waals surface area contributed by atoms with Crippen molar-refractivity contribution >= 4 is 17.2 Å². The number of nitrogens with zero attached hydrogens (tertiary/aromatic N) is 1. The van der Waals surface area contributed by atoms with Gasteiger partial charge in [-0.25, -0.2) is 4.79 Å². The van der Waals surface area contributed by atoms with E-state index in [1.54, 1.807) is 24.3 Å². The molecule has 0 spiro atoms. The van der Waals surface area contributed by atoms with Gasteiger partial charge in [0.1, 0.15) is 17.3 Å². The van der Waals surface area contributed by atoms with Gasteiger partial charge in [-0.3, -0.25) is 14.3 Å². The molecule has 21 heavy (non-hydrogen) atoms. The second-order valence-corrected chi connectivity index (χ2v) is 4.61. The molecule has 6 nitrogen and oxygen atoms in total. The SMILES string of the molecule is NC(=S)c1ccc(OCCn2cc(F)c(=O)[nH]c2=O)cc1. The van der Waals surface area contributed by atoms with Gasteiger partial charge in [-0.05, 0) is 24.3 Å². The van der Waals surface area contributed by atoms with Crippen molar-refractivity contribution in [2.45, 2.75) is 6.54 Å². The van der Waals surface area contributed by atoms with E-state index < -0.39 is 17.1 Å². The predicted octanol–water partition coefficient (Wildman–Crippen LogP) is 0.389. The minimum atomic E-state index is -1.04. The number of aromatic nitrogens is 2. The monoisotopic (exact) mass is 309 g/mol. The molecule has 0 aliphatic heterocycles. The lowest BCUT2D eigenvalue weighted by Gasteiger charge is -2.08. The van der Waals surface area contributed by atoms with Crippen molar-refractivity contribution in [2.24, 2.45) is 5.73 Å². The molecule has 1 aromatic carbocycles. The molecule has 0 aliphatic carbocycles. The van der Waals surface area contributed by atoms with Crippen molar-refractivity contribution in [3.63, 3.8) is 0 Å². The molecule has 2 rings (SSSR count). The summed E-state index contributed by atoms with van der Waals surface area (Å²) >= 11 is 4.83. The van der Waals surface area contributed by atoms with Crippen LogP contribution in [-0.2, 0) is 6.54 Å². The molecule has 0 saturated heterocycles. The van der Waals surface area contributed by atoms with Gasteiger partial charge in [-0.2, -0.15) is 4.39 Å². The van der Waals surface area contributed by atoms with E-state index in [1.165, 1.54) is 0 Å². The number of halogens is 1. The molecule has 2 aromatic rings. The van der Waals surface area contributed by atoms with Gasteiger partial charge < -0.3 is 10.5 Å². The molecule has 0 amide bonds. The van der Waals surface area contributed by atoms with Crippen LogP contribution in [-0.4, -0.2) is 21.1 Å². The van der Waals surface area contributed by atoms with Gasteiger partial charge in [0.05, 0.1) is 12.7 Å². The Hall–Kier alpha value is -2.48. The van der Waals surface area contributed by atoms with Crippen LogP contribution in [0.2, 0.25) is 0 Å². The quantitative estimate of drug-likeness (QED) is 0.780. The molecule has 110 valence electrons. The van der Waals surface area contributed by atoms with Crippen LogP contribution in [0.1, 0.15) is 5.56 Å². The van der Waals surface area contributed by atoms with Gasteiger partial charge >= 0.3 is 5.69 Å². The summed E-state index contributed by atoms with van der Waals surface area (Å²) in [5, 5.41) is 0. The zero-order chi connectivity index (χ0) is 15.4. The number of aromatic amines is 1.